The van der Waals surface area contributed by atoms with Crippen molar-refractivity contribution in [3.8, 4) is 0 Å². The number of hydrogen-bond donors (Lipinski definition) is 1. The molecule has 0 aliphatic heterocycles. The van der Waals surface area contributed by atoms with Crippen molar-refractivity contribution < 1.29 is 0 Å². The molecule has 1 nitrogen and oxygen atoms in total. The van der Waals surface area contributed by atoms with E-state index in [2.05, 4.69) is 19.2 Å². The lowest BCUT2D eigenvalue weighted by Gasteiger charge is -2.08. The normalized spacial score (nSPS) is 12.8. The third-order valence-corrected chi connectivity index (χ3v) is 4.05. The van der Waals surface area contributed by atoms with Crippen molar-refractivity contribution in [1.82, 2.24) is 5.32 Å². The highest BCUT2D eigenvalue weighted by Crippen LogP contribution is 2.08. The van der Waals surface area contributed by atoms with Crippen LogP contribution in [0, 0.1) is 5.92 Å². The molecule has 0 amide bonds. The van der Waals surface area contributed by atoms with Crippen LogP contribution in [0.15, 0.2) is 0 Å². The van der Waals surface area contributed by atoms with E-state index in [0.717, 1.165) is 12.4 Å². The Morgan fingerprint density at radius 2 is 1.39 bits per heavy atom. The van der Waals surface area contributed by atoms with Gasteiger partial charge in [0.25, 0.3) is 0 Å². The molecule has 1 unspecified atom stereocenters. The Balaban J connectivity index is 2.94. The Bertz CT molecular complexity index is 150. The molecule has 0 spiro atoms. The maximum atomic E-state index is 5.77. The average molecular weight is 276 g/mol. The largest absolute Gasteiger partial charge is 0.317 e. The van der Waals surface area contributed by atoms with E-state index in [4.69, 9.17) is 11.6 Å². The predicted molar refractivity (Wildman–Crippen MR) is 84.6 cm³/mol. The lowest BCUT2D eigenvalue weighted by atomic mass is 10.1. The molecule has 0 radical (unpaired) electrons. The molecule has 0 rings (SSSR count). The molecule has 0 heterocycles. The van der Waals surface area contributed by atoms with Crippen molar-refractivity contribution in [3.05, 3.63) is 0 Å². The van der Waals surface area contributed by atoms with Crippen molar-refractivity contribution in [1.29, 1.82) is 0 Å². The zero-order chi connectivity index (χ0) is 13.5. The third kappa shape index (κ3) is 14.3. The molecule has 1 atom stereocenters. The number of rotatable bonds is 14. The van der Waals surface area contributed by atoms with E-state index in [-0.39, 0.29) is 0 Å². The molecular formula is C16H34ClN. The Morgan fingerprint density at radius 3 is 2.00 bits per heavy atom. The summed E-state index contributed by atoms with van der Waals surface area (Å²) in [5.41, 5.74) is 0. The molecule has 0 aromatic rings. The molecule has 0 aromatic carbocycles. The first-order valence-electron chi connectivity index (χ1n) is 8.08. The van der Waals surface area contributed by atoms with Crippen LogP contribution in [0.2, 0.25) is 0 Å². The predicted octanol–water partition coefficient (Wildman–Crippen LogP) is 5.37. The number of nitrogens with one attached hydrogen (secondary N) is 1. The van der Waals surface area contributed by atoms with Crippen molar-refractivity contribution >= 4 is 11.6 Å². The molecule has 0 aliphatic carbocycles. The zero-order valence-electron chi connectivity index (χ0n) is 12.6. The van der Waals surface area contributed by atoms with E-state index in [1.807, 2.05) is 0 Å². The van der Waals surface area contributed by atoms with E-state index in [1.165, 1.54) is 70.8 Å². The minimum absolute atomic E-state index is 0.677. The standard InChI is InChI=1S/C16H34ClN/c1-3-4-5-6-7-8-9-10-13-18-14-11-12-16(2)15-17/h16,18H,3-15H2,1-2H3. The second-order valence-electron chi connectivity index (χ2n) is 5.63. The summed E-state index contributed by atoms with van der Waals surface area (Å²) in [6, 6.07) is 0. The summed E-state index contributed by atoms with van der Waals surface area (Å²) < 4.78 is 0. The van der Waals surface area contributed by atoms with Crippen LogP contribution in [-0.4, -0.2) is 19.0 Å². The van der Waals surface area contributed by atoms with Crippen LogP contribution in [0.4, 0.5) is 0 Å². The Hall–Kier alpha value is 0.250. The van der Waals surface area contributed by atoms with Crippen LogP contribution in [0.5, 0.6) is 0 Å². The fourth-order valence-electron chi connectivity index (χ4n) is 2.16. The van der Waals surface area contributed by atoms with Crippen LogP contribution >= 0.6 is 11.6 Å². The Kier molecular flexibility index (Phi) is 15.5. The van der Waals surface area contributed by atoms with Gasteiger partial charge in [0, 0.05) is 5.88 Å². The molecule has 0 saturated carbocycles. The summed E-state index contributed by atoms with van der Waals surface area (Å²) in [6.45, 7) is 6.87. The molecule has 18 heavy (non-hydrogen) atoms. The molecule has 2 heteroatoms. The van der Waals surface area contributed by atoms with Crippen molar-refractivity contribution in [2.24, 2.45) is 5.92 Å². The van der Waals surface area contributed by atoms with E-state index in [9.17, 15) is 0 Å². The lowest BCUT2D eigenvalue weighted by Crippen LogP contribution is -2.17. The molecule has 1 N–H and O–H groups in total. The van der Waals surface area contributed by atoms with Crippen molar-refractivity contribution in [3.63, 3.8) is 0 Å². The van der Waals surface area contributed by atoms with Crippen molar-refractivity contribution in [2.75, 3.05) is 19.0 Å². The molecule has 0 saturated heterocycles. The first-order valence-corrected chi connectivity index (χ1v) is 8.61. The van der Waals surface area contributed by atoms with E-state index in [0.29, 0.717) is 5.92 Å². The van der Waals surface area contributed by atoms with E-state index >= 15 is 0 Å². The average Bonchev–Trinajstić information content (AvgIpc) is 2.39. The SMILES string of the molecule is CCCCCCCCCCNCCCC(C)CCl. The molecule has 0 fully saturated rings. The number of hydrogen-bond acceptors (Lipinski definition) is 1. The fraction of sp³-hybridized carbons (Fsp3) is 1.00. The summed E-state index contributed by atoms with van der Waals surface area (Å²) >= 11 is 5.77. The zero-order valence-corrected chi connectivity index (χ0v) is 13.4. The molecule has 0 aromatic heterocycles. The molecule has 110 valence electrons. The minimum Gasteiger partial charge on any atom is -0.317 e. The van der Waals surface area contributed by atoms with Crippen LogP contribution in [0.25, 0.3) is 0 Å². The summed E-state index contributed by atoms with van der Waals surface area (Å²) in [4.78, 5) is 0. The molecule has 0 aliphatic rings. The van der Waals surface area contributed by atoms with Crippen molar-refractivity contribution in [2.45, 2.75) is 78.1 Å². The second-order valence-corrected chi connectivity index (χ2v) is 5.94. The fourth-order valence-corrected chi connectivity index (χ4v) is 2.32. The topological polar surface area (TPSA) is 12.0 Å². The number of halogens is 1. The summed E-state index contributed by atoms with van der Waals surface area (Å²) in [7, 11) is 0. The van der Waals surface area contributed by atoms with Gasteiger partial charge in [-0.1, -0.05) is 58.8 Å². The highest BCUT2D eigenvalue weighted by Gasteiger charge is 1.98. The second kappa shape index (κ2) is 15.3. The molecule has 0 bridgehead atoms. The summed E-state index contributed by atoms with van der Waals surface area (Å²) in [5, 5.41) is 3.53. The Morgan fingerprint density at radius 1 is 0.833 bits per heavy atom. The summed E-state index contributed by atoms with van der Waals surface area (Å²) in [5.74, 6) is 1.48. The maximum Gasteiger partial charge on any atom is 0.0249 e. The van der Waals surface area contributed by atoms with Gasteiger partial charge >= 0.3 is 0 Å². The van der Waals surface area contributed by atoms with Gasteiger partial charge in [0.2, 0.25) is 0 Å². The van der Waals surface area contributed by atoms with Crippen LogP contribution in [-0.2, 0) is 0 Å². The maximum absolute atomic E-state index is 5.77. The monoisotopic (exact) mass is 275 g/mol. The molecular weight excluding hydrogens is 242 g/mol. The highest BCUT2D eigenvalue weighted by molar-refractivity contribution is 6.18. The van der Waals surface area contributed by atoms with Gasteiger partial charge in [-0.3, -0.25) is 0 Å². The lowest BCUT2D eigenvalue weighted by molar-refractivity contribution is 0.515. The first kappa shape index (κ1) is 18.2. The quantitative estimate of drug-likeness (QED) is 0.332. The number of alkyl halides is 1. The Labute approximate surface area is 120 Å². The van der Waals surface area contributed by atoms with Gasteiger partial charge in [0.1, 0.15) is 0 Å². The highest BCUT2D eigenvalue weighted by atomic mass is 35.5. The van der Waals surface area contributed by atoms with Gasteiger partial charge in [-0.15, -0.1) is 11.6 Å². The van der Waals surface area contributed by atoms with Crippen LogP contribution < -0.4 is 5.32 Å². The van der Waals surface area contributed by atoms with E-state index < -0.39 is 0 Å². The van der Waals surface area contributed by atoms with E-state index in [1.54, 1.807) is 0 Å². The minimum atomic E-state index is 0.677. The van der Waals surface area contributed by atoms with Gasteiger partial charge < -0.3 is 5.32 Å². The van der Waals surface area contributed by atoms with Crippen LogP contribution in [0.1, 0.15) is 78.1 Å². The number of unbranched alkanes of at least 4 members (excludes halogenated alkanes) is 7. The van der Waals surface area contributed by atoms with Gasteiger partial charge in [-0.05, 0) is 38.3 Å². The van der Waals surface area contributed by atoms with Crippen LogP contribution in [0.3, 0.4) is 0 Å². The van der Waals surface area contributed by atoms with Gasteiger partial charge in [-0.25, -0.2) is 0 Å². The summed E-state index contributed by atoms with van der Waals surface area (Å²) in [6.07, 6.45) is 13.8. The first-order chi connectivity index (χ1) is 8.81. The smallest absolute Gasteiger partial charge is 0.0249 e. The van der Waals surface area contributed by atoms with Gasteiger partial charge in [-0.2, -0.15) is 0 Å². The van der Waals surface area contributed by atoms with Gasteiger partial charge in [0.15, 0.2) is 0 Å². The van der Waals surface area contributed by atoms with Gasteiger partial charge in [0.05, 0.1) is 0 Å². The third-order valence-electron chi connectivity index (χ3n) is 3.52.